The highest BCUT2D eigenvalue weighted by Crippen LogP contribution is 2.35. The first-order valence-corrected chi connectivity index (χ1v) is 11.7. The van der Waals surface area contributed by atoms with Gasteiger partial charge in [-0.25, -0.2) is 4.39 Å². The van der Waals surface area contributed by atoms with Crippen LogP contribution < -0.4 is 18.9 Å². The molecule has 0 N–H and O–H groups in total. The van der Waals surface area contributed by atoms with Crippen molar-refractivity contribution in [3.8, 4) is 23.0 Å². The molecule has 0 amide bonds. The van der Waals surface area contributed by atoms with Gasteiger partial charge in [-0.15, -0.1) is 0 Å². The maximum atomic E-state index is 13.2. The summed E-state index contributed by atoms with van der Waals surface area (Å²) >= 11 is 0. The van der Waals surface area contributed by atoms with E-state index in [1.165, 1.54) is 5.56 Å². The van der Waals surface area contributed by atoms with Crippen LogP contribution in [-0.4, -0.2) is 59.6 Å². The molecular weight excluding hydrogens is 421 g/mol. The molecule has 0 aliphatic rings. The fourth-order valence-electron chi connectivity index (χ4n) is 4.28. The molecule has 1 atom stereocenters. The van der Waals surface area contributed by atoms with Gasteiger partial charge >= 0.3 is 0 Å². The number of halogens is 1. The molecule has 2 rings (SSSR count). The number of alkyl halides is 1. The Bertz CT molecular complexity index is 843. The Morgan fingerprint density at radius 3 is 1.94 bits per heavy atom. The van der Waals surface area contributed by atoms with Gasteiger partial charge in [-0.2, -0.15) is 0 Å². The third kappa shape index (κ3) is 7.81. The Labute approximate surface area is 198 Å². The SMILES string of the molecule is COc1ccc(CCN(CCF)CCCC(c2ccc(OC)c(OC)c2)C(C)C)cc1OC. The average molecular weight is 462 g/mol. The van der Waals surface area contributed by atoms with Gasteiger partial charge < -0.3 is 23.8 Å². The van der Waals surface area contributed by atoms with E-state index in [0.717, 1.165) is 60.9 Å². The van der Waals surface area contributed by atoms with Gasteiger partial charge in [0, 0.05) is 13.1 Å². The summed E-state index contributed by atoms with van der Waals surface area (Å²) in [6.07, 6.45) is 2.87. The Balaban J connectivity index is 1.97. The van der Waals surface area contributed by atoms with Crippen LogP contribution in [0.5, 0.6) is 23.0 Å². The molecule has 1 unspecified atom stereocenters. The number of benzene rings is 2. The summed E-state index contributed by atoms with van der Waals surface area (Å²) in [6.45, 7) is 6.29. The van der Waals surface area contributed by atoms with Crippen molar-refractivity contribution in [3.05, 3.63) is 47.5 Å². The molecule has 184 valence electrons. The van der Waals surface area contributed by atoms with Crippen LogP contribution in [0.2, 0.25) is 0 Å². The van der Waals surface area contributed by atoms with E-state index in [9.17, 15) is 4.39 Å². The summed E-state index contributed by atoms with van der Waals surface area (Å²) in [5, 5.41) is 0. The lowest BCUT2D eigenvalue weighted by molar-refractivity contribution is 0.241. The van der Waals surface area contributed by atoms with Crippen LogP contribution >= 0.6 is 0 Å². The van der Waals surface area contributed by atoms with E-state index in [1.54, 1.807) is 28.4 Å². The Morgan fingerprint density at radius 1 is 0.758 bits per heavy atom. The Hall–Kier alpha value is -2.47. The summed E-state index contributed by atoms with van der Waals surface area (Å²) in [5.41, 5.74) is 2.41. The molecule has 0 bridgehead atoms. The molecule has 2 aromatic carbocycles. The first-order valence-electron chi connectivity index (χ1n) is 11.7. The van der Waals surface area contributed by atoms with E-state index in [0.29, 0.717) is 18.4 Å². The minimum absolute atomic E-state index is 0.338. The summed E-state index contributed by atoms with van der Waals surface area (Å²) in [6, 6.07) is 12.1. The second-order valence-electron chi connectivity index (χ2n) is 8.58. The maximum Gasteiger partial charge on any atom is 0.160 e. The molecule has 0 aliphatic heterocycles. The first kappa shape index (κ1) is 26.8. The molecule has 0 fully saturated rings. The van der Waals surface area contributed by atoms with E-state index in [4.69, 9.17) is 18.9 Å². The van der Waals surface area contributed by atoms with Crippen molar-refractivity contribution in [2.24, 2.45) is 5.92 Å². The van der Waals surface area contributed by atoms with Gasteiger partial charge in [-0.05, 0) is 73.0 Å². The maximum absolute atomic E-state index is 13.2. The van der Waals surface area contributed by atoms with E-state index < -0.39 is 0 Å². The van der Waals surface area contributed by atoms with Crippen molar-refractivity contribution < 1.29 is 23.3 Å². The molecule has 0 saturated carbocycles. The highest BCUT2D eigenvalue weighted by Gasteiger charge is 2.18. The normalized spacial score (nSPS) is 12.2. The third-order valence-corrected chi connectivity index (χ3v) is 6.20. The lowest BCUT2D eigenvalue weighted by Crippen LogP contribution is -2.30. The molecule has 33 heavy (non-hydrogen) atoms. The van der Waals surface area contributed by atoms with Crippen molar-refractivity contribution in [1.29, 1.82) is 0 Å². The second-order valence-corrected chi connectivity index (χ2v) is 8.58. The third-order valence-electron chi connectivity index (χ3n) is 6.20. The number of ether oxygens (including phenoxy) is 4. The largest absolute Gasteiger partial charge is 0.493 e. The van der Waals surface area contributed by atoms with Crippen molar-refractivity contribution in [2.45, 2.75) is 39.0 Å². The molecule has 6 heteroatoms. The van der Waals surface area contributed by atoms with Crippen LogP contribution in [0.25, 0.3) is 0 Å². The zero-order valence-corrected chi connectivity index (χ0v) is 21.0. The Kier molecular flexibility index (Phi) is 11.3. The van der Waals surface area contributed by atoms with E-state index in [-0.39, 0.29) is 6.67 Å². The van der Waals surface area contributed by atoms with Crippen LogP contribution in [0.3, 0.4) is 0 Å². The molecule has 0 spiro atoms. The topological polar surface area (TPSA) is 40.2 Å². The lowest BCUT2D eigenvalue weighted by atomic mass is 9.84. The van der Waals surface area contributed by atoms with Gasteiger partial charge in [-0.3, -0.25) is 0 Å². The molecular formula is C27H40FNO4. The Morgan fingerprint density at radius 2 is 1.36 bits per heavy atom. The number of methoxy groups -OCH3 is 4. The van der Waals surface area contributed by atoms with Gasteiger partial charge in [0.05, 0.1) is 28.4 Å². The second kappa shape index (κ2) is 13.9. The predicted molar refractivity (Wildman–Crippen MR) is 132 cm³/mol. The molecule has 0 aromatic heterocycles. The highest BCUT2D eigenvalue weighted by molar-refractivity contribution is 5.44. The standard InChI is InChI=1S/C27H40FNO4/c1-20(2)23(22-10-12-25(31-4)27(19-22)33-6)8-7-15-29(17-14-28)16-13-21-9-11-24(30-3)26(18-21)32-5/h9-12,18-20,23H,7-8,13-17H2,1-6H3. The van der Waals surface area contributed by atoms with E-state index in [1.807, 2.05) is 24.3 Å². The van der Waals surface area contributed by atoms with Crippen molar-refractivity contribution in [2.75, 3.05) is 54.7 Å². The van der Waals surface area contributed by atoms with Crippen molar-refractivity contribution >= 4 is 0 Å². The first-order chi connectivity index (χ1) is 16.0. The summed E-state index contributed by atoms with van der Waals surface area (Å²) in [5.74, 6) is 3.84. The average Bonchev–Trinajstić information content (AvgIpc) is 2.84. The van der Waals surface area contributed by atoms with Crippen LogP contribution in [0.1, 0.15) is 43.7 Å². The van der Waals surface area contributed by atoms with Crippen molar-refractivity contribution in [1.82, 2.24) is 4.90 Å². The van der Waals surface area contributed by atoms with Gasteiger partial charge in [0.15, 0.2) is 23.0 Å². The van der Waals surface area contributed by atoms with Crippen LogP contribution in [0, 0.1) is 5.92 Å². The number of hydrogen-bond donors (Lipinski definition) is 0. The number of hydrogen-bond acceptors (Lipinski definition) is 5. The van der Waals surface area contributed by atoms with Crippen molar-refractivity contribution in [3.63, 3.8) is 0 Å². The molecule has 0 heterocycles. The van der Waals surface area contributed by atoms with E-state index >= 15 is 0 Å². The van der Waals surface area contributed by atoms with Crippen LogP contribution in [-0.2, 0) is 6.42 Å². The zero-order valence-electron chi connectivity index (χ0n) is 21.0. The molecule has 0 saturated heterocycles. The highest BCUT2D eigenvalue weighted by atomic mass is 19.1. The molecule has 5 nitrogen and oxygen atoms in total. The fourth-order valence-corrected chi connectivity index (χ4v) is 4.28. The quantitative estimate of drug-likeness (QED) is 0.337. The molecule has 2 aromatic rings. The predicted octanol–water partition coefficient (Wildman–Crippen LogP) is 5.76. The minimum atomic E-state index is -0.338. The summed E-state index contributed by atoms with van der Waals surface area (Å²) in [4.78, 5) is 2.21. The molecule has 0 aliphatic carbocycles. The fraction of sp³-hybridized carbons (Fsp3) is 0.556. The van der Waals surface area contributed by atoms with Gasteiger partial charge in [0.1, 0.15) is 6.67 Å². The lowest BCUT2D eigenvalue weighted by Gasteiger charge is -2.25. The zero-order chi connectivity index (χ0) is 24.2. The number of rotatable bonds is 15. The summed E-state index contributed by atoms with van der Waals surface area (Å²) < 4.78 is 34.8. The van der Waals surface area contributed by atoms with Gasteiger partial charge in [0.25, 0.3) is 0 Å². The van der Waals surface area contributed by atoms with Gasteiger partial charge in [-0.1, -0.05) is 26.0 Å². The minimum Gasteiger partial charge on any atom is -0.493 e. The number of nitrogens with zero attached hydrogens (tertiary/aromatic N) is 1. The van der Waals surface area contributed by atoms with E-state index in [2.05, 4.69) is 30.9 Å². The van der Waals surface area contributed by atoms with Crippen LogP contribution in [0.15, 0.2) is 36.4 Å². The van der Waals surface area contributed by atoms with Gasteiger partial charge in [0.2, 0.25) is 0 Å². The smallest absolute Gasteiger partial charge is 0.160 e. The summed E-state index contributed by atoms with van der Waals surface area (Å²) in [7, 11) is 6.59. The van der Waals surface area contributed by atoms with Crippen LogP contribution in [0.4, 0.5) is 4.39 Å². The monoisotopic (exact) mass is 461 g/mol. The molecule has 0 radical (unpaired) electrons.